The average Bonchev–Trinajstić information content (AvgIpc) is 2.62. The summed E-state index contributed by atoms with van der Waals surface area (Å²) < 4.78 is 0. The second-order valence-corrected chi connectivity index (χ2v) is 4.39. The van der Waals surface area contributed by atoms with Crippen LogP contribution < -0.4 is 5.32 Å². The fourth-order valence-corrected chi connectivity index (χ4v) is 1.57. The van der Waals surface area contributed by atoms with Crippen LogP contribution >= 0.6 is 11.3 Å². The van der Waals surface area contributed by atoms with E-state index in [9.17, 15) is 4.79 Å². The van der Waals surface area contributed by atoms with Gasteiger partial charge in [-0.05, 0) is 21.0 Å². The summed E-state index contributed by atoms with van der Waals surface area (Å²) in [5, 5.41) is 14.0. The Morgan fingerprint density at radius 3 is 2.87 bits per heavy atom. The Kier molecular flexibility index (Phi) is 4.05. The summed E-state index contributed by atoms with van der Waals surface area (Å²) in [6.07, 6.45) is 0. The van der Waals surface area contributed by atoms with E-state index in [1.54, 1.807) is 0 Å². The molecular weight excluding hydrogens is 214 g/mol. The highest BCUT2D eigenvalue weighted by Gasteiger charge is 2.09. The molecule has 1 aromatic rings. The van der Waals surface area contributed by atoms with Gasteiger partial charge < -0.3 is 15.3 Å². The molecule has 5 nitrogen and oxygen atoms in total. The summed E-state index contributed by atoms with van der Waals surface area (Å²) in [5.41, 5.74) is 0.0972. The predicted octanol–water partition coefficient (Wildman–Crippen LogP) is 1.20. The molecule has 84 valence electrons. The van der Waals surface area contributed by atoms with Gasteiger partial charge >= 0.3 is 5.97 Å². The van der Waals surface area contributed by atoms with E-state index < -0.39 is 5.97 Å². The van der Waals surface area contributed by atoms with E-state index in [1.807, 2.05) is 14.1 Å². The molecule has 0 amide bonds. The first-order valence-electron chi connectivity index (χ1n) is 4.60. The van der Waals surface area contributed by atoms with E-state index >= 15 is 0 Å². The molecular formula is C9H15N3O2S. The zero-order valence-electron chi connectivity index (χ0n) is 9.02. The standard InChI is InChI=1S/C9H15N3O2S/c1-6(12(2)3)4-10-9-11-7(5-15-9)8(13)14/h5-6H,4H2,1-3H3,(H,10,11)(H,13,14). The van der Waals surface area contributed by atoms with E-state index in [0.29, 0.717) is 11.2 Å². The second-order valence-electron chi connectivity index (χ2n) is 3.54. The molecule has 1 atom stereocenters. The summed E-state index contributed by atoms with van der Waals surface area (Å²) in [7, 11) is 3.99. The van der Waals surface area contributed by atoms with Crippen LogP contribution in [0, 0.1) is 0 Å². The Bertz CT molecular complexity index is 338. The van der Waals surface area contributed by atoms with Crippen LogP contribution in [0.2, 0.25) is 0 Å². The monoisotopic (exact) mass is 229 g/mol. The number of carbonyl (C=O) groups is 1. The van der Waals surface area contributed by atoms with Crippen LogP contribution in [0.5, 0.6) is 0 Å². The molecule has 2 N–H and O–H groups in total. The number of thiazole rings is 1. The van der Waals surface area contributed by atoms with Crippen LogP contribution in [-0.4, -0.2) is 47.6 Å². The molecule has 0 saturated carbocycles. The highest BCUT2D eigenvalue weighted by atomic mass is 32.1. The van der Waals surface area contributed by atoms with Crippen molar-refractivity contribution in [3.8, 4) is 0 Å². The number of carboxylic acid groups (broad SMARTS) is 1. The highest BCUT2D eigenvalue weighted by Crippen LogP contribution is 2.15. The van der Waals surface area contributed by atoms with Crippen molar-refractivity contribution in [2.75, 3.05) is 26.0 Å². The highest BCUT2D eigenvalue weighted by molar-refractivity contribution is 7.13. The Morgan fingerprint density at radius 1 is 1.73 bits per heavy atom. The number of hydrogen-bond acceptors (Lipinski definition) is 5. The SMILES string of the molecule is CC(CNc1nc(C(=O)O)cs1)N(C)C. The zero-order chi connectivity index (χ0) is 11.4. The molecule has 0 fully saturated rings. The van der Waals surface area contributed by atoms with E-state index in [2.05, 4.69) is 22.1 Å². The number of likely N-dealkylation sites (N-methyl/N-ethyl adjacent to an activating group) is 1. The number of hydrogen-bond donors (Lipinski definition) is 2. The lowest BCUT2D eigenvalue weighted by molar-refractivity contribution is 0.0691. The first-order chi connectivity index (χ1) is 7.00. The molecule has 0 aliphatic heterocycles. The lowest BCUT2D eigenvalue weighted by Gasteiger charge is -2.19. The van der Waals surface area contributed by atoms with Gasteiger partial charge in [0.05, 0.1) is 0 Å². The summed E-state index contributed by atoms with van der Waals surface area (Å²) >= 11 is 1.31. The quantitative estimate of drug-likeness (QED) is 0.794. The Hall–Kier alpha value is -1.14. The van der Waals surface area contributed by atoms with Gasteiger partial charge in [0.15, 0.2) is 10.8 Å². The van der Waals surface area contributed by atoms with E-state index in [0.717, 1.165) is 6.54 Å². The minimum absolute atomic E-state index is 0.0972. The summed E-state index contributed by atoms with van der Waals surface area (Å²) in [6, 6.07) is 0.377. The predicted molar refractivity (Wildman–Crippen MR) is 60.7 cm³/mol. The minimum Gasteiger partial charge on any atom is -0.476 e. The molecule has 1 rings (SSSR count). The van der Waals surface area contributed by atoms with Gasteiger partial charge in [0, 0.05) is 18.0 Å². The number of aromatic carboxylic acids is 1. The molecule has 0 saturated heterocycles. The van der Waals surface area contributed by atoms with Crippen molar-refractivity contribution >= 4 is 22.4 Å². The van der Waals surface area contributed by atoms with Crippen LogP contribution in [0.4, 0.5) is 5.13 Å². The molecule has 0 aliphatic rings. The number of rotatable bonds is 5. The molecule has 15 heavy (non-hydrogen) atoms. The van der Waals surface area contributed by atoms with E-state index in [-0.39, 0.29) is 5.69 Å². The third-order valence-electron chi connectivity index (χ3n) is 2.15. The third kappa shape index (κ3) is 3.49. The Balaban J connectivity index is 2.48. The zero-order valence-corrected chi connectivity index (χ0v) is 9.84. The molecule has 1 heterocycles. The third-order valence-corrected chi connectivity index (χ3v) is 2.95. The second kappa shape index (κ2) is 5.09. The average molecular weight is 229 g/mol. The van der Waals surface area contributed by atoms with Crippen molar-refractivity contribution in [3.63, 3.8) is 0 Å². The lowest BCUT2D eigenvalue weighted by atomic mass is 10.3. The number of anilines is 1. The van der Waals surface area contributed by atoms with E-state index in [1.165, 1.54) is 16.7 Å². The lowest BCUT2D eigenvalue weighted by Crippen LogP contribution is -2.31. The maximum absolute atomic E-state index is 10.6. The molecule has 1 aromatic heterocycles. The number of nitrogens with zero attached hydrogens (tertiary/aromatic N) is 2. The summed E-state index contributed by atoms with van der Waals surface area (Å²) in [6.45, 7) is 2.83. The maximum Gasteiger partial charge on any atom is 0.355 e. The molecule has 0 spiro atoms. The van der Waals surface area contributed by atoms with Gasteiger partial charge in [0.25, 0.3) is 0 Å². The van der Waals surface area contributed by atoms with Gasteiger partial charge in [0.1, 0.15) is 0 Å². The van der Waals surface area contributed by atoms with Gasteiger partial charge in [-0.25, -0.2) is 9.78 Å². The summed E-state index contributed by atoms with van der Waals surface area (Å²) in [5.74, 6) is -0.986. The molecule has 1 unspecified atom stereocenters. The number of carboxylic acids is 1. The fraction of sp³-hybridized carbons (Fsp3) is 0.556. The smallest absolute Gasteiger partial charge is 0.355 e. The largest absolute Gasteiger partial charge is 0.476 e. The van der Waals surface area contributed by atoms with Gasteiger partial charge in [-0.15, -0.1) is 11.3 Å². The molecule has 6 heteroatoms. The topological polar surface area (TPSA) is 65.5 Å². The van der Waals surface area contributed by atoms with Crippen LogP contribution in [0.25, 0.3) is 0 Å². The van der Waals surface area contributed by atoms with Crippen molar-refractivity contribution in [2.45, 2.75) is 13.0 Å². The number of aromatic nitrogens is 1. The summed E-state index contributed by atoms with van der Waals surface area (Å²) in [4.78, 5) is 16.6. The molecule has 0 bridgehead atoms. The maximum atomic E-state index is 10.6. The normalized spacial score (nSPS) is 12.8. The first kappa shape index (κ1) is 11.9. The molecule has 0 aromatic carbocycles. The van der Waals surface area contributed by atoms with Crippen molar-refractivity contribution in [1.29, 1.82) is 0 Å². The van der Waals surface area contributed by atoms with Crippen LogP contribution in [0.1, 0.15) is 17.4 Å². The Labute approximate surface area is 92.7 Å². The van der Waals surface area contributed by atoms with Gasteiger partial charge in [-0.1, -0.05) is 0 Å². The fourth-order valence-electron chi connectivity index (χ4n) is 0.871. The van der Waals surface area contributed by atoms with Crippen LogP contribution in [-0.2, 0) is 0 Å². The van der Waals surface area contributed by atoms with Crippen molar-refractivity contribution in [1.82, 2.24) is 9.88 Å². The number of nitrogens with one attached hydrogen (secondary N) is 1. The van der Waals surface area contributed by atoms with Crippen LogP contribution in [0.3, 0.4) is 0 Å². The van der Waals surface area contributed by atoms with Crippen molar-refractivity contribution in [3.05, 3.63) is 11.1 Å². The minimum atomic E-state index is -0.986. The Morgan fingerprint density at radius 2 is 2.40 bits per heavy atom. The van der Waals surface area contributed by atoms with E-state index in [4.69, 9.17) is 5.11 Å². The van der Waals surface area contributed by atoms with Gasteiger partial charge in [-0.2, -0.15) is 0 Å². The first-order valence-corrected chi connectivity index (χ1v) is 5.47. The molecule has 0 radical (unpaired) electrons. The van der Waals surface area contributed by atoms with Crippen molar-refractivity contribution < 1.29 is 9.90 Å². The van der Waals surface area contributed by atoms with Gasteiger partial charge in [0.2, 0.25) is 0 Å². The molecule has 0 aliphatic carbocycles. The van der Waals surface area contributed by atoms with Crippen LogP contribution in [0.15, 0.2) is 5.38 Å². The van der Waals surface area contributed by atoms with Crippen molar-refractivity contribution in [2.24, 2.45) is 0 Å². The van der Waals surface area contributed by atoms with Gasteiger partial charge in [-0.3, -0.25) is 0 Å².